The van der Waals surface area contributed by atoms with Crippen molar-refractivity contribution in [3.63, 3.8) is 0 Å². The molecule has 0 fully saturated rings. The van der Waals surface area contributed by atoms with Crippen LogP contribution >= 0.6 is 23.6 Å². The summed E-state index contributed by atoms with van der Waals surface area (Å²) in [6, 6.07) is 6.85. The van der Waals surface area contributed by atoms with Gasteiger partial charge in [0.25, 0.3) is 11.8 Å². The molecular formula is C24H31N3O3S2. The van der Waals surface area contributed by atoms with Crippen LogP contribution in [0.4, 0.5) is 5.00 Å². The lowest BCUT2D eigenvalue weighted by atomic mass is 9.72. The van der Waals surface area contributed by atoms with Gasteiger partial charge in [0.05, 0.1) is 11.7 Å². The number of carbonyl (C=O) groups is 2. The number of carbonyl (C=O) groups excluding carboxylic acids is 2. The molecule has 3 rings (SSSR count). The second-order valence-corrected chi connectivity index (χ2v) is 11.0. The van der Waals surface area contributed by atoms with Crippen LogP contribution in [-0.4, -0.2) is 23.0 Å². The molecule has 0 spiro atoms. The Balaban J connectivity index is 1.71. The molecule has 1 aromatic carbocycles. The maximum atomic E-state index is 12.6. The van der Waals surface area contributed by atoms with E-state index < -0.39 is 5.91 Å². The van der Waals surface area contributed by atoms with E-state index in [1.54, 1.807) is 24.3 Å². The van der Waals surface area contributed by atoms with Crippen molar-refractivity contribution in [2.24, 2.45) is 17.1 Å². The molecule has 0 radical (unpaired) electrons. The van der Waals surface area contributed by atoms with Gasteiger partial charge in [-0.1, -0.05) is 20.8 Å². The Kier molecular flexibility index (Phi) is 7.25. The summed E-state index contributed by atoms with van der Waals surface area (Å²) in [5.74, 6) is 0.417. The number of benzene rings is 1. The van der Waals surface area contributed by atoms with Crippen LogP contribution in [0.1, 0.15) is 72.2 Å². The first kappa shape index (κ1) is 24.2. The van der Waals surface area contributed by atoms with Gasteiger partial charge in [-0.25, -0.2) is 0 Å². The number of hydrogen-bond donors (Lipinski definition) is 3. The second-order valence-electron chi connectivity index (χ2n) is 9.48. The van der Waals surface area contributed by atoms with E-state index >= 15 is 0 Å². The van der Waals surface area contributed by atoms with Crippen molar-refractivity contribution >= 4 is 45.5 Å². The molecule has 0 bridgehead atoms. The summed E-state index contributed by atoms with van der Waals surface area (Å²) in [4.78, 5) is 26.0. The van der Waals surface area contributed by atoms with Gasteiger partial charge in [-0.05, 0) is 86.5 Å². The van der Waals surface area contributed by atoms with Gasteiger partial charge in [0.1, 0.15) is 10.8 Å². The van der Waals surface area contributed by atoms with Crippen molar-refractivity contribution in [1.29, 1.82) is 0 Å². The molecule has 1 aliphatic carbocycles. The molecule has 1 heterocycles. The molecule has 1 atom stereocenters. The van der Waals surface area contributed by atoms with Crippen molar-refractivity contribution in [2.45, 2.75) is 60.0 Å². The molecule has 172 valence electrons. The number of rotatable bonds is 5. The third kappa shape index (κ3) is 5.66. The minimum absolute atomic E-state index is 0.0567. The summed E-state index contributed by atoms with van der Waals surface area (Å²) in [7, 11) is 0. The number of amides is 2. The van der Waals surface area contributed by atoms with Gasteiger partial charge in [-0.15, -0.1) is 11.3 Å². The molecule has 4 N–H and O–H groups in total. The normalized spacial score (nSPS) is 15.8. The number of fused-ring (bicyclic) bond motifs is 1. The molecule has 0 saturated carbocycles. The molecule has 0 saturated heterocycles. The maximum Gasteiger partial charge on any atom is 0.257 e. The number of anilines is 1. The first-order valence-corrected chi connectivity index (χ1v) is 12.0. The van der Waals surface area contributed by atoms with Crippen molar-refractivity contribution in [3.05, 3.63) is 45.8 Å². The highest BCUT2D eigenvalue weighted by molar-refractivity contribution is 7.80. The maximum absolute atomic E-state index is 12.6. The van der Waals surface area contributed by atoms with Crippen LogP contribution in [0.3, 0.4) is 0 Å². The second kappa shape index (κ2) is 9.58. The summed E-state index contributed by atoms with van der Waals surface area (Å²) in [5, 5.41) is 6.44. The first-order chi connectivity index (χ1) is 15.0. The lowest BCUT2D eigenvalue weighted by Crippen LogP contribution is -2.34. The van der Waals surface area contributed by atoms with Crippen LogP contribution in [-0.2, 0) is 12.8 Å². The third-order valence-corrected chi connectivity index (χ3v) is 7.05. The van der Waals surface area contributed by atoms with Crippen LogP contribution in [0.5, 0.6) is 5.75 Å². The Morgan fingerprint density at radius 2 is 1.88 bits per heavy atom. The molecule has 1 aromatic heterocycles. The van der Waals surface area contributed by atoms with Crippen molar-refractivity contribution in [2.75, 3.05) is 5.32 Å². The monoisotopic (exact) mass is 473 g/mol. The number of ether oxygens (including phenoxy) is 1. The van der Waals surface area contributed by atoms with E-state index in [1.165, 1.54) is 16.2 Å². The van der Waals surface area contributed by atoms with E-state index in [-0.39, 0.29) is 22.5 Å². The van der Waals surface area contributed by atoms with Crippen LogP contribution in [0, 0.1) is 11.3 Å². The summed E-state index contributed by atoms with van der Waals surface area (Å²) in [6.45, 7) is 10.6. The minimum Gasteiger partial charge on any atom is -0.491 e. The van der Waals surface area contributed by atoms with Gasteiger partial charge in [-0.3, -0.25) is 14.9 Å². The molecule has 6 nitrogen and oxygen atoms in total. The fourth-order valence-corrected chi connectivity index (χ4v) is 5.54. The number of nitrogens with one attached hydrogen (secondary N) is 2. The van der Waals surface area contributed by atoms with E-state index in [1.807, 2.05) is 13.8 Å². The Hall–Kier alpha value is -2.45. The Bertz CT molecular complexity index is 1020. The topological polar surface area (TPSA) is 93.4 Å². The van der Waals surface area contributed by atoms with Gasteiger partial charge in [0, 0.05) is 10.4 Å². The van der Waals surface area contributed by atoms with Crippen LogP contribution in [0.15, 0.2) is 24.3 Å². The largest absolute Gasteiger partial charge is 0.491 e. The van der Waals surface area contributed by atoms with Crippen molar-refractivity contribution in [1.82, 2.24) is 5.32 Å². The fraction of sp³-hybridized carbons (Fsp3) is 0.458. The van der Waals surface area contributed by atoms with E-state index in [0.717, 1.165) is 24.8 Å². The molecule has 32 heavy (non-hydrogen) atoms. The van der Waals surface area contributed by atoms with E-state index in [2.05, 4.69) is 31.4 Å². The summed E-state index contributed by atoms with van der Waals surface area (Å²) >= 11 is 6.85. The quantitative estimate of drug-likeness (QED) is 0.537. The van der Waals surface area contributed by atoms with Crippen LogP contribution in [0.25, 0.3) is 0 Å². The molecular weight excluding hydrogens is 442 g/mol. The number of nitrogens with two attached hydrogens (primary N) is 1. The van der Waals surface area contributed by atoms with Gasteiger partial charge >= 0.3 is 0 Å². The predicted molar refractivity (Wildman–Crippen MR) is 134 cm³/mol. The highest BCUT2D eigenvalue weighted by Gasteiger charge is 2.33. The number of thiocarbonyl (C=S) groups is 1. The fourth-order valence-electron chi connectivity index (χ4n) is 3.94. The van der Waals surface area contributed by atoms with Crippen molar-refractivity contribution < 1.29 is 14.3 Å². The molecule has 8 heteroatoms. The van der Waals surface area contributed by atoms with E-state index in [0.29, 0.717) is 27.8 Å². The van der Waals surface area contributed by atoms with Gasteiger partial charge < -0.3 is 15.8 Å². The molecule has 2 aromatic rings. The predicted octanol–water partition coefficient (Wildman–Crippen LogP) is 4.91. The first-order valence-electron chi connectivity index (χ1n) is 10.8. The Morgan fingerprint density at radius 1 is 1.22 bits per heavy atom. The Labute approximate surface area is 198 Å². The zero-order valence-electron chi connectivity index (χ0n) is 19.2. The SMILES string of the molecule is CC(C)Oc1ccc(C(=O)NC(=S)Nc2sc3c(c2C(N)=O)CCC(C(C)(C)C)C3)cc1. The number of primary amides is 1. The van der Waals surface area contributed by atoms with Gasteiger partial charge in [0.15, 0.2) is 5.11 Å². The van der Waals surface area contributed by atoms with Crippen LogP contribution in [0.2, 0.25) is 0 Å². The number of hydrogen-bond acceptors (Lipinski definition) is 5. The van der Waals surface area contributed by atoms with Crippen molar-refractivity contribution in [3.8, 4) is 5.75 Å². The average molecular weight is 474 g/mol. The number of thiophene rings is 1. The van der Waals surface area contributed by atoms with Crippen LogP contribution < -0.4 is 21.1 Å². The third-order valence-electron chi connectivity index (χ3n) is 5.68. The zero-order valence-corrected chi connectivity index (χ0v) is 20.8. The highest BCUT2D eigenvalue weighted by Crippen LogP contribution is 2.44. The standard InChI is InChI=1S/C24H31N3O3S2/c1-13(2)30-16-9-6-14(7-10-16)21(29)26-23(31)27-22-19(20(25)28)17-11-8-15(24(3,4)5)12-18(17)32-22/h6-7,9-10,13,15H,8,11-12H2,1-5H3,(H2,25,28)(H2,26,27,29,31). The summed E-state index contributed by atoms with van der Waals surface area (Å²) in [5.41, 5.74) is 7.86. The van der Waals surface area contributed by atoms with Gasteiger partial charge in [0.2, 0.25) is 0 Å². The lowest BCUT2D eigenvalue weighted by molar-refractivity contribution is 0.0975. The smallest absolute Gasteiger partial charge is 0.257 e. The minimum atomic E-state index is -0.478. The van der Waals surface area contributed by atoms with Gasteiger partial charge in [-0.2, -0.15) is 0 Å². The Morgan fingerprint density at radius 3 is 2.44 bits per heavy atom. The molecule has 2 amide bonds. The zero-order chi connectivity index (χ0) is 23.6. The average Bonchev–Trinajstić information content (AvgIpc) is 3.04. The molecule has 0 aliphatic heterocycles. The molecule has 1 aliphatic rings. The lowest BCUT2D eigenvalue weighted by Gasteiger charge is -2.33. The summed E-state index contributed by atoms with van der Waals surface area (Å²) in [6.07, 6.45) is 2.80. The van der Waals surface area contributed by atoms with E-state index in [9.17, 15) is 9.59 Å². The molecule has 1 unspecified atom stereocenters. The summed E-state index contributed by atoms with van der Waals surface area (Å²) < 4.78 is 5.60. The van der Waals surface area contributed by atoms with E-state index in [4.69, 9.17) is 22.7 Å². The highest BCUT2D eigenvalue weighted by atomic mass is 32.1.